The number of furan rings is 1. The smallest absolute Gasteiger partial charge is 0.275 e. The molecule has 0 unspecified atom stereocenters. The average molecular weight is 312 g/mol. The van der Waals surface area contributed by atoms with Crippen molar-refractivity contribution in [1.29, 1.82) is 0 Å². The first-order valence-electron chi connectivity index (χ1n) is 6.94. The lowest BCUT2D eigenvalue weighted by Crippen LogP contribution is -2.13. The van der Waals surface area contributed by atoms with E-state index < -0.39 is 0 Å². The quantitative estimate of drug-likeness (QED) is 0.770. The number of hydrogen-bond acceptors (Lipinski definition) is 4. The standard InChI is InChI=1S/C17H16N2O2S/c1-10-5-4-6-13(12(10)3)18-16(20)14-9-22-17(19-14)15-8-7-11(2)21-15/h4-9H,1-3H3,(H,18,20). The summed E-state index contributed by atoms with van der Waals surface area (Å²) in [6.07, 6.45) is 0. The molecule has 2 aromatic heterocycles. The van der Waals surface area contributed by atoms with Gasteiger partial charge in [-0.2, -0.15) is 0 Å². The number of carbonyl (C=O) groups is 1. The van der Waals surface area contributed by atoms with Crippen molar-refractivity contribution in [2.45, 2.75) is 20.8 Å². The number of benzene rings is 1. The Morgan fingerprint density at radius 1 is 1.18 bits per heavy atom. The van der Waals surface area contributed by atoms with Gasteiger partial charge in [-0.05, 0) is 50.1 Å². The maximum absolute atomic E-state index is 12.3. The number of thiazole rings is 1. The zero-order valence-electron chi connectivity index (χ0n) is 12.6. The van der Waals surface area contributed by atoms with Crippen LogP contribution in [0.4, 0.5) is 5.69 Å². The van der Waals surface area contributed by atoms with Gasteiger partial charge in [0.25, 0.3) is 5.91 Å². The van der Waals surface area contributed by atoms with E-state index in [0.29, 0.717) is 16.5 Å². The van der Waals surface area contributed by atoms with Gasteiger partial charge in [-0.25, -0.2) is 4.98 Å². The Morgan fingerprint density at radius 2 is 2.00 bits per heavy atom. The molecule has 0 aliphatic rings. The highest BCUT2D eigenvalue weighted by atomic mass is 32.1. The van der Waals surface area contributed by atoms with Gasteiger partial charge in [-0.1, -0.05) is 12.1 Å². The number of rotatable bonds is 3. The largest absolute Gasteiger partial charge is 0.459 e. The van der Waals surface area contributed by atoms with Gasteiger partial charge in [0.1, 0.15) is 11.5 Å². The van der Waals surface area contributed by atoms with Crippen LogP contribution in [0.25, 0.3) is 10.8 Å². The van der Waals surface area contributed by atoms with Crippen LogP contribution in [0.15, 0.2) is 40.1 Å². The minimum Gasteiger partial charge on any atom is -0.459 e. The monoisotopic (exact) mass is 312 g/mol. The molecule has 1 amide bonds. The molecule has 0 saturated heterocycles. The Morgan fingerprint density at radius 3 is 2.73 bits per heavy atom. The highest BCUT2D eigenvalue weighted by Gasteiger charge is 2.14. The molecule has 112 valence electrons. The first-order chi connectivity index (χ1) is 10.5. The van der Waals surface area contributed by atoms with Gasteiger partial charge in [-0.3, -0.25) is 4.79 Å². The number of anilines is 1. The number of amides is 1. The van der Waals surface area contributed by atoms with E-state index in [1.165, 1.54) is 11.3 Å². The number of aryl methyl sites for hydroxylation is 2. The normalized spacial score (nSPS) is 10.7. The van der Waals surface area contributed by atoms with E-state index in [4.69, 9.17) is 4.42 Å². The molecule has 5 heteroatoms. The highest BCUT2D eigenvalue weighted by Crippen LogP contribution is 2.26. The molecule has 0 aliphatic heterocycles. The maximum atomic E-state index is 12.3. The molecule has 1 aromatic carbocycles. The van der Waals surface area contributed by atoms with E-state index in [1.807, 2.05) is 51.1 Å². The number of nitrogens with zero attached hydrogens (tertiary/aromatic N) is 1. The van der Waals surface area contributed by atoms with Crippen molar-refractivity contribution in [1.82, 2.24) is 4.98 Å². The number of carbonyl (C=O) groups excluding carboxylic acids is 1. The summed E-state index contributed by atoms with van der Waals surface area (Å²) in [5.41, 5.74) is 3.42. The minimum absolute atomic E-state index is 0.209. The topological polar surface area (TPSA) is 55.1 Å². The molecule has 0 atom stereocenters. The Kier molecular flexibility index (Phi) is 3.81. The first-order valence-corrected chi connectivity index (χ1v) is 7.82. The summed E-state index contributed by atoms with van der Waals surface area (Å²) < 4.78 is 5.53. The Hall–Kier alpha value is -2.40. The predicted molar refractivity (Wildman–Crippen MR) is 88.4 cm³/mol. The molecular formula is C17H16N2O2S. The number of aromatic nitrogens is 1. The number of hydrogen-bond donors (Lipinski definition) is 1. The summed E-state index contributed by atoms with van der Waals surface area (Å²) in [7, 11) is 0. The van der Waals surface area contributed by atoms with E-state index in [0.717, 1.165) is 22.6 Å². The maximum Gasteiger partial charge on any atom is 0.275 e. The molecule has 3 aromatic rings. The second kappa shape index (κ2) is 5.77. The van der Waals surface area contributed by atoms with Gasteiger partial charge in [0, 0.05) is 11.1 Å². The van der Waals surface area contributed by atoms with E-state index in [9.17, 15) is 4.79 Å². The van der Waals surface area contributed by atoms with Crippen molar-refractivity contribution in [3.05, 3.63) is 58.3 Å². The minimum atomic E-state index is -0.209. The third-order valence-electron chi connectivity index (χ3n) is 3.54. The average Bonchev–Trinajstić information content (AvgIpc) is 3.12. The van der Waals surface area contributed by atoms with Crippen molar-refractivity contribution in [2.24, 2.45) is 0 Å². The summed E-state index contributed by atoms with van der Waals surface area (Å²) in [6, 6.07) is 9.58. The molecule has 22 heavy (non-hydrogen) atoms. The molecular weight excluding hydrogens is 296 g/mol. The van der Waals surface area contributed by atoms with Crippen molar-refractivity contribution in [3.63, 3.8) is 0 Å². The fourth-order valence-electron chi connectivity index (χ4n) is 2.11. The lowest BCUT2D eigenvalue weighted by atomic mass is 10.1. The van der Waals surface area contributed by atoms with Crippen LogP contribution in [0.2, 0.25) is 0 Å². The van der Waals surface area contributed by atoms with Crippen LogP contribution in [-0.2, 0) is 0 Å². The molecule has 0 bridgehead atoms. The molecule has 4 nitrogen and oxygen atoms in total. The summed E-state index contributed by atoms with van der Waals surface area (Å²) in [5.74, 6) is 1.30. The van der Waals surface area contributed by atoms with Crippen LogP contribution in [0, 0.1) is 20.8 Å². The van der Waals surface area contributed by atoms with Crippen LogP contribution in [0.5, 0.6) is 0 Å². The molecule has 0 radical (unpaired) electrons. The van der Waals surface area contributed by atoms with Gasteiger partial charge < -0.3 is 9.73 Å². The molecule has 0 aliphatic carbocycles. The lowest BCUT2D eigenvalue weighted by Gasteiger charge is -2.09. The Labute approximate surface area is 132 Å². The molecule has 0 saturated carbocycles. The van der Waals surface area contributed by atoms with Crippen molar-refractivity contribution < 1.29 is 9.21 Å². The van der Waals surface area contributed by atoms with Gasteiger partial charge in [0.2, 0.25) is 0 Å². The van der Waals surface area contributed by atoms with Crippen LogP contribution in [-0.4, -0.2) is 10.9 Å². The predicted octanol–water partition coefficient (Wildman–Crippen LogP) is 4.58. The van der Waals surface area contributed by atoms with Crippen LogP contribution in [0.3, 0.4) is 0 Å². The fourth-order valence-corrected chi connectivity index (χ4v) is 2.87. The fraction of sp³-hybridized carbons (Fsp3) is 0.176. The molecule has 3 rings (SSSR count). The number of nitrogens with one attached hydrogen (secondary N) is 1. The molecule has 0 fully saturated rings. The van der Waals surface area contributed by atoms with Crippen molar-refractivity contribution in [2.75, 3.05) is 5.32 Å². The van der Waals surface area contributed by atoms with Gasteiger partial charge in [-0.15, -0.1) is 11.3 Å². The van der Waals surface area contributed by atoms with E-state index in [-0.39, 0.29) is 5.91 Å². The molecule has 1 N–H and O–H groups in total. The Balaban J connectivity index is 1.81. The van der Waals surface area contributed by atoms with E-state index in [2.05, 4.69) is 10.3 Å². The lowest BCUT2D eigenvalue weighted by molar-refractivity contribution is 0.102. The van der Waals surface area contributed by atoms with Crippen LogP contribution < -0.4 is 5.32 Å². The second-order valence-corrected chi connectivity index (χ2v) is 6.01. The van der Waals surface area contributed by atoms with E-state index >= 15 is 0 Å². The third kappa shape index (κ3) is 2.80. The summed E-state index contributed by atoms with van der Waals surface area (Å²) in [6.45, 7) is 5.89. The van der Waals surface area contributed by atoms with E-state index in [1.54, 1.807) is 5.38 Å². The van der Waals surface area contributed by atoms with Crippen molar-refractivity contribution in [3.8, 4) is 10.8 Å². The second-order valence-electron chi connectivity index (χ2n) is 5.15. The van der Waals surface area contributed by atoms with Crippen LogP contribution >= 0.6 is 11.3 Å². The first kappa shape index (κ1) is 14.5. The zero-order valence-corrected chi connectivity index (χ0v) is 13.5. The van der Waals surface area contributed by atoms with Gasteiger partial charge in [0.05, 0.1) is 0 Å². The molecule has 2 heterocycles. The summed E-state index contributed by atoms with van der Waals surface area (Å²) in [5, 5.41) is 5.36. The SMILES string of the molecule is Cc1ccc(-c2nc(C(=O)Nc3cccc(C)c3C)cs2)o1. The zero-order chi connectivity index (χ0) is 15.7. The van der Waals surface area contributed by atoms with Crippen LogP contribution in [0.1, 0.15) is 27.4 Å². The van der Waals surface area contributed by atoms with Gasteiger partial charge in [0.15, 0.2) is 10.8 Å². The third-order valence-corrected chi connectivity index (χ3v) is 4.40. The highest BCUT2D eigenvalue weighted by molar-refractivity contribution is 7.13. The summed E-state index contributed by atoms with van der Waals surface area (Å²) >= 11 is 1.40. The summed E-state index contributed by atoms with van der Waals surface area (Å²) in [4.78, 5) is 16.7. The molecule has 0 spiro atoms. The van der Waals surface area contributed by atoms with Gasteiger partial charge >= 0.3 is 0 Å². The Bertz CT molecular complexity index is 833. The van der Waals surface area contributed by atoms with Crippen molar-refractivity contribution >= 4 is 22.9 Å².